The van der Waals surface area contributed by atoms with Crippen LogP contribution < -0.4 is 11.1 Å². The molecular weight excluding hydrogens is 272 g/mol. The van der Waals surface area contributed by atoms with Crippen molar-refractivity contribution in [1.82, 2.24) is 0 Å². The molecule has 1 amide bonds. The van der Waals surface area contributed by atoms with E-state index in [1.807, 2.05) is 6.07 Å². The van der Waals surface area contributed by atoms with Gasteiger partial charge in [-0.05, 0) is 67.2 Å². The predicted octanol–water partition coefficient (Wildman–Crippen LogP) is 3.05. The molecule has 0 aliphatic heterocycles. The minimum absolute atomic E-state index is 0. The van der Waals surface area contributed by atoms with Crippen LogP contribution in [0.3, 0.4) is 0 Å². The third-order valence-corrected chi connectivity index (χ3v) is 4.75. The van der Waals surface area contributed by atoms with E-state index in [0.717, 1.165) is 24.9 Å². The van der Waals surface area contributed by atoms with E-state index in [1.54, 1.807) is 6.92 Å². The Balaban J connectivity index is 0.00000147. The van der Waals surface area contributed by atoms with Crippen LogP contribution in [-0.4, -0.2) is 11.9 Å². The highest BCUT2D eigenvalue weighted by Gasteiger charge is 2.39. The van der Waals surface area contributed by atoms with E-state index in [2.05, 4.69) is 17.4 Å². The van der Waals surface area contributed by atoms with Crippen LogP contribution in [0.4, 0.5) is 5.69 Å². The summed E-state index contributed by atoms with van der Waals surface area (Å²) < 4.78 is 0. The molecule has 2 aliphatic rings. The first-order chi connectivity index (χ1) is 9.06. The fourth-order valence-corrected chi connectivity index (χ4v) is 3.72. The third-order valence-electron chi connectivity index (χ3n) is 4.75. The lowest BCUT2D eigenvalue weighted by atomic mass is 9.71. The Kier molecular flexibility index (Phi) is 4.40. The number of hydrogen-bond acceptors (Lipinski definition) is 2. The molecule has 0 atom stereocenters. The number of halogens is 1. The highest BCUT2D eigenvalue weighted by atomic mass is 35.5. The first-order valence-electron chi connectivity index (χ1n) is 7.21. The van der Waals surface area contributed by atoms with Crippen molar-refractivity contribution in [1.29, 1.82) is 0 Å². The van der Waals surface area contributed by atoms with E-state index >= 15 is 0 Å². The molecule has 1 saturated carbocycles. The molecule has 2 aliphatic carbocycles. The van der Waals surface area contributed by atoms with Gasteiger partial charge in [-0.25, -0.2) is 0 Å². The second-order valence-corrected chi connectivity index (χ2v) is 6.36. The fraction of sp³-hybridized carbons (Fsp3) is 0.562. The summed E-state index contributed by atoms with van der Waals surface area (Å²) in [6.07, 6.45) is 7.16. The van der Waals surface area contributed by atoms with Gasteiger partial charge in [-0.15, -0.1) is 12.4 Å². The van der Waals surface area contributed by atoms with Crippen LogP contribution >= 0.6 is 12.4 Å². The van der Waals surface area contributed by atoms with E-state index in [1.165, 1.54) is 30.4 Å². The SMILES string of the molecule is CC(=O)Nc1ccc2c(c1)CC1(CCC(N)CC1)C2.Cl. The molecule has 0 saturated heterocycles. The Labute approximate surface area is 126 Å². The summed E-state index contributed by atoms with van der Waals surface area (Å²) in [4.78, 5) is 11.1. The van der Waals surface area contributed by atoms with E-state index < -0.39 is 0 Å². The van der Waals surface area contributed by atoms with Gasteiger partial charge in [-0.2, -0.15) is 0 Å². The number of nitrogens with two attached hydrogens (primary N) is 1. The number of fused-ring (bicyclic) bond motifs is 1. The summed E-state index contributed by atoms with van der Waals surface area (Å²) in [6, 6.07) is 6.77. The lowest BCUT2D eigenvalue weighted by Gasteiger charge is -2.36. The van der Waals surface area contributed by atoms with Crippen molar-refractivity contribution in [3.05, 3.63) is 29.3 Å². The van der Waals surface area contributed by atoms with Gasteiger partial charge in [-0.3, -0.25) is 4.79 Å². The van der Waals surface area contributed by atoms with E-state index in [0.29, 0.717) is 11.5 Å². The van der Waals surface area contributed by atoms with Gasteiger partial charge >= 0.3 is 0 Å². The smallest absolute Gasteiger partial charge is 0.221 e. The van der Waals surface area contributed by atoms with Crippen LogP contribution in [0, 0.1) is 5.41 Å². The van der Waals surface area contributed by atoms with E-state index in [4.69, 9.17) is 5.73 Å². The Hall–Kier alpha value is -1.06. The average molecular weight is 295 g/mol. The van der Waals surface area contributed by atoms with Crippen LogP contribution in [0.2, 0.25) is 0 Å². The van der Waals surface area contributed by atoms with E-state index in [9.17, 15) is 4.79 Å². The van der Waals surface area contributed by atoms with Gasteiger partial charge in [-0.1, -0.05) is 6.07 Å². The minimum atomic E-state index is -0.00343. The van der Waals surface area contributed by atoms with Crippen LogP contribution in [0.15, 0.2) is 18.2 Å². The summed E-state index contributed by atoms with van der Waals surface area (Å²) in [5.41, 5.74) is 10.3. The molecule has 1 spiro atoms. The summed E-state index contributed by atoms with van der Waals surface area (Å²) in [5, 5.41) is 2.87. The van der Waals surface area contributed by atoms with Gasteiger partial charge < -0.3 is 11.1 Å². The topological polar surface area (TPSA) is 55.1 Å². The minimum Gasteiger partial charge on any atom is -0.328 e. The first kappa shape index (κ1) is 15.3. The molecule has 3 rings (SSSR count). The molecule has 0 radical (unpaired) electrons. The second-order valence-electron chi connectivity index (χ2n) is 6.36. The maximum absolute atomic E-state index is 11.1. The largest absolute Gasteiger partial charge is 0.328 e. The zero-order chi connectivity index (χ0) is 13.5. The molecule has 1 aromatic carbocycles. The third kappa shape index (κ3) is 2.99. The molecule has 1 aromatic rings. The van der Waals surface area contributed by atoms with Gasteiger partial charge in [0.05, 0.1) is 0 Å². The maximum Gasteiger partial charge on any atom is 0.221 e. The van der Waals surface area contributed by atoms with Gasteiger partial charge in [0.15, 0.2) is 0 Å². The van der Waals surface area contributed by atoms with Crippen molar-refractivity contribution in [2.45, 2.75) is 51.5 Å². The fourth-order valence-electron chi connectivity index (χ4n) is 3.72. The Bertz CT molecular complexity index is 507. The van der Waals surface area contributed by atoms with Gasteiger partial charge in [0, 0.05) is 18.7 Å². The van der Waals surface area contributed by atoms with Crippen molar-refractivity contribution in [3.63, 3.8) is 0 Å². The highest BCUT2D eigenvalue weighted by Crippen LogP contribution is 2.47. The van der Waals surface area contributed by atoms with Crippen LogP contribution in [0.5, 0.6) is 0 Å². The van der Waals surface area contributed by atoms with Crippen molar-refractivity contribution in [2.24, 2.45) is 11.1 Å². The predicted molar refractivity (Wildman–Crippen MR) is 84.3 cm³/mol. The van der Waals surface area contributed by atoms with Crippen molar-refractivity contribution >= 4 is 24.0 Å². The van der Waals surface area contributed by atoms with Gasteiger partial charge in [0.1, 0.15) is 0 Å². The number of amides is 1. The zero-order valence-electron chi connectivity index (χ0n) is 11.9. The highest BCUT2D eigenvalue weighted by molar-refractivity contribution is 5.88. The van der Waals surface area contributed by atoms with Gasteiger partial charge in [0.25, 0.3) is 0 Å². The normalized spacial score (nSPS) is 27.8. The first-order valence-corrected chi connectivity index (χ1v) is 7.21. The maximum atomic E-state index is 11.1. The number of hydrogen-bond donors (Lipinski definition) is 2. The van der Waals surface area contributed by atoms with Gasteiger partial charge in [0.2, 0.25) is 5.91 Å². The molecule has 0 heterocycles. The molecule has 3 N–H and O–H groups in total. The average Bonchev–Trinajstić information content (AvgIpc) is 2.70. The molecular formula is C16H23ClN2O. The zero-order valence-corrected chi connectivity index (χ0v) is 12.8. The Morgan fingerprint density at radius 3 is 2.55 bits per heavy atom. The van der Waals surface area contributed by atoms with Crippen LogP contribution in [0.1, 0.15) is 43.7 Å². The molecule has 1 fully saturated rings. The molecule has 110 valence electrons. The quantitative estimate of drug-likeness (QED) is 0.836. The lowest BCUT2D eigenvalue weighted by Crippen LogP contribution is -2.34. The Morgan fingerprint density at radius 2 is 1.90 bits per heavy atom. The number of anilines is 1. The van der Waals surface area contributed by atoms with Crippen molar-refractivity contribution in [3.8, 4) is 0 Å². The van der Waals surface area contributed by atoms with Crippen molar-refractivity contribution in [2.75, 3.05) is 5.32 Å². The summed E-state index contributed by atoms with van der Waals surface area (Å²) in [7, 11) is 0. The molecule has 4 heteroatoms. The van der Waals surface area contributed by atoms with E-state index in [-0.39, 0.29) is 18.3 Å². The number of carbonyl (C=O) groups is 1. The van der Waals surface area contributed by atoms with Crippen molar-refractivity contribution < 1.29 is 4.79 Å². The molecule has 0 aromatic heterocycles. The number of nitrogens with one attached hydrogen (secondary N) is 1. The van der Waals surface area contributed by atoms with Crippen LogP contribution in [-0.2, 0) is 17.6 Å². The summed E-state index contributed by atoms with van der Waals surface area (Å²) >= 11 is 0. The molecule has 0 bridgehead atoms. The summed E-state index contributed by atoms with van der Waals surface area (Å²) in [6.45, 7) is 1.55. The van der Waals surface area contributed by atoms with Crippen LogP contribution in [0.25, 0.3) is 0 Å². The number of rotatable bonds is 1. The second kappa shape index (κ2) is 5.74. The standard InChI is InChI=1S/C16H22N2O.ClH/c1-11(19)18-15-3-2-12-9-16(10-13(12)8-15)6-4-14(17)5-7-16;/h2-3,8,14H,4-7,9-10,17H2,1H3,(H,18,19);1H. The molecule has 3 nitrogen and oxygen atoms in total. The molecule has 20 heavy (non-hydrogen) atoms. The molecule has 0 unspecified atom stereocenters. The number of carbonyl (C=O) groups excluding carboxylic acids is 1. The lowest BCUT2D eigenvalue weighted by molar-refractivity contribution is -0.114. The number of benzene rings is 1. The Morgan fingerprint density at radius 1 is 1.25 bits per heavy atom. The summed E-state index contributed by atoms with van der Waals surface area (Å²) in [5.74, 6) is -0.00343. The monoisotopic (exact) mass is 294 g/mol.